The van der Waals surface area contributed by atoms with Crippen LogP contribution < -0.4 is 0 Å². The van der Waals surface area contributed by atoms with Gasteiger partial charge in [-0.2, -0.15) is 17.0 Å². The summed E-state index contributed by atoms with van der Waals surface area (Å²) in [7, 11) is 0. The molecule has 0 amide bonds. The van der Waals surface area contributed by atoms with Crippen LogP contribution in [0.5, 0.6) is 0 Å². The van der Waals surface area contributed by atoms with Crippen LogP contribution in [0.1, 0.15) is 18.2 Å². The maximum Gasteiger partial charge on any atom is 0.144 e. The Morgan fingerprint density at radius 1 is 1.71 bits per heavy atom. The van der Waals surface area contributed by atoms with Gasteiger partial charge >= 0.3 is 0 Å². The summed E-state index contributed by atoms with van der Waals surface area (Å²) in [5.74, 6) is 0.721. The van der Waals surface area contributed by atoms with Crippen molar-refractivity contribution in [2.24, 2.45) is 0 Å². The lowest BCUT2D eigenvalue weighted by molar-refractivity contribution is 0.300. The molecule has 0 aliphatic heterocycles. The largest absolute Gasteiger partial charge is 0.395 e. The third-order valence-corrected chi connectivity index (χ3v) is 2.97. The topological polar surface area (TPSA) is 56.9 Å². The summed E-state index contributed by atoms with van der Waals surface area (Å²) in [5.41, 5.74) is 1.41. The molecule has 4 heteroatoms. The van der Waals surface area contributed by atoms with Crippen molar-refractivity contribution in [3.63, 3.8) is 0 Å². The van der Waals surface area contributed by atoms with E-state index < -0.39 is 0 Å². The van der Waals surface area contributed by atoms with Crippen LogP contribution in [-0.4, -0.2) is 21.9 Å². The van der Waals surface area contributed by atoms with Crippen LogP contribution in [0.2, 0.25) is 0 Å². The molecule has 0 aliphatic carbocycles. The van der Waals surface area contributed by atoms with E-state index >= 15 is 0 Å². The molecule has 0 aromatic carbocycles. The average Bonchev–Trinajstić information content (AvgIpc) is 2.26. The zero-order valence-corrected chi connectivity index (χ0v) is 8.79. The van der Waals surface area contributed by atoms with E-state index in [4.69, 9.17) is 10.4 Å². The molecule has 0 spiro atoms. The quantitative estimate of drug-likeness (QED) is 0.816. The zero-order valence-electron chi connectivity index (χ0n) is 7.97. The first-order valence-electron chi connectivity index (χ1n) is 4.34. The molecular weight excluding hydrogens is 196 g/mol. The fourth-order valence-electron chi connectivity index (χ4n) is 0.940. The van der Waals surface area contributed by atoms with Crippen molar-refractivity contribution in [3.05, 3.63) is 29.6 Å². The minimum Gasteiger partial charge on any atom is -0.395 e. The van der Waals surface area contributed by atoms with Crippen LogP contribution >= 0.6 is 11.8 Å². The van der Waals surface area contributed by atoms with Gasteiger partial charge in [-0.25, -0.2) is 4.98 Å². The highest BCUT2D eigenvalue weighted by Gasteiger charge is 2.05. The molecule has 0 bridgehead atoms. The Morgan fingerprint density at radius 2 is 2.50 bits per heavy atom. The Hall–Kier alpha value is -1.05. The molecular formula is C10H12N2OS. The van der Waals surface area contributed by atoms with Crippen LogP contribution in [0.3, 0.4) is 0 Å². The third kappa shape index (κ3) is 3.02. The second-order valence-electron chi connectivity index (χ2n) is 2.93. The van der Waals surface area contributed by atoms with Crippen molar-refractivity contribution in [1.29, 1.82) is 5.26 Å². The van der Waals surface area contributed by atoms with E-state index in [1.807, 2.05) is 19.1 Å². The van der Waals surface area contributed by atoms with Gasteiger partial charge in [-0.3, -0.25) is 0 Å². The maximum absolute atomic E-state index is 8.84. The van der Waals surface area contributed by atoms with Crippen molar-refractivity contribution in [2.75, 3.05) is 6.61 Å². The highest BCUT2D eigenvalue weighted by Crippen LogP contribution is 2.18. The van der Waals surface area contributed by atoms with Crippen LogP contribution in [0.15, 0.2) is 18.3 Å². The number of aromatic nitrogens is 1. The summed E-state index contributed by atoms with van der Waals surface area (Å²) in [6.45, 7) is 2.11. The second-order valence-corrected chi connectivity index (χ2v) is 4.35. The summed E-state index contributed by atoms with van der Waals surface area (Å²) < 4.78 is 0. The first kappa shape index (κ1) is 11.0. The van der Waals surface area contributed by atoms with Gasteiger partial charge in [0.2, 0.25) is 0 Å². The summed E-state index contributed by atoms with van der Waals surface area (Å²) in [4.78, 5) is 3.96. The van der Waals surface area contributed by atoms with Gasteiger partial charge < -0.3 is 5.11 Å². The molecule has 0 fully saturated rings. The van der Waals surface area contributed by atoms with Crippen molar-refractivity contribution < 1.29 is 5.11 Å². The van der Waals surface area contributed by atoms with Gasteiger partial charge in [-0.1, -0.05) is 13.0 Å². The van der Waals surface area contributed by atoms with Gasteiger partial charge in [-0.05, 0) is 11.6 Å². The Bertz CT molecular complexity index is 335. The molecule has 1 rings (SSSR count). The minimum absolute atomic E-state index is 0.160. The molecule has 14 heavy (non-hydrogen) atoms. The van der Waals surface area contributed by atoms with Crippen LogP contribution in [0.4, 0.5) is 0 Å². The normalized spacial score (nSPS) is 12.1. The van der Waals surface area contributed by atoms with E-state index in [1.165, 1.54) is 0 Å². The number of hydrogen-bond acceptors (Lipinski definition) is 4. The molecule has 1 aromatic heterocycles. The monoisotopic (exact) mass is 208 g/mol. The molecule has 0 saturated carbocycles. The van der Waals surface area contributed by atoms with E-state index in [1.54, 1.807) is 18.0 Å². The predicted octanol–water partition coefficient (Wildman–Crippen LogP) is 1.57. The highest BCUT2D eigenvalue weighted by molar-refractivity contribution is 7.99. The van der Waals surface area contributed by atoms with Gasteiger partial charge in [0.25, 0.3) is 0 Å². The molecule has 1 heterocycles. The highest BCUT2D eigenvalue weighted by atomic mass is 32.2. The SMILES string of the molecule is CC(CO)SCc1cccnc1C#N. The number of aliphatic hydroxyl groups is 1. The molecule has 1 atom stereocenters. The van der Waals surface area contributed by atoms with E-state index in [9.17, 15) is 0 Å². The molecule has 1 aromatic rings. The number of hydrogen-bond donors (Lipinski definition) is 1. The number of nitrogens with zero attached hydrogens (tertiary/aromatic N) is 2. The van der Waals surface area contributed by atoms with Crippen LogP contribution in [0, 0.1) is 11.3 Å². The van der Waals surface area contributed by atoms with Crippen molar-refractivity contribution in [1.82, 2.24) is 4.98 Å². The maximum atomic E-state index is 8.84. The predicted molar refractivity (Wildman–Crippen MR) is 56.8 cm³/mol. The summed E-state index contributed by atoms with van der Waals surface area (Å²) in [6.07, 6.45) is 1.61. The summed E-state index contributed by atoms with van der Waals surface area (Å²) in [6, 6.07) is 5.76. The van der Waals surface area contributed by atoms with Gasteiger partial charge in [-0.15, -0.1) is 0 Å². The van der Waals surface area contributed by atoms with E-state index in [2.05, 4.69) is 11.1 Å². The number of aliphatic hydroxyl groups excluding tert-OH is 1. The summed E-state index contributed by atoms with van der Waals surface area (Å²) in [5, 5.41) is 17.8. The lowest BCUT2D eigenvalue weighted by atomic mass is 10.2. The fourth-order valence-corrected chi connectivity index (χ4v) is 1.74. The number of nitriles is 1. The Kier molecular flexibility index (Phi) is 4.44. The Balaban J connectivity index is 2.63. The van der Waals surface area contributed by atoms with Gasteiger partial charge in [0.1, 0.15) is 11.8 Å². The van der Waals surface area contributed by atoms with Crippen molar-refractivity contribution in [2.45, 2.75) is 17.9 Å². The van der Waals surface area contributed by atoms with Crippen molar-refractivity contribution in [3.8, 4) is 6.07 Å². The lowest BCUT2D eigenvalue weighted by Gasteiger charge is -2.07. The number of thioether (sulfide) groups is 1. The number of pyridine rings is 1. The molecule has 0 radical (unpaired) electrons. The first-order chi connectivity index (χ1) is 6.77. The van der Waals surface area contributed by atoms with E-state index in [-0.39, 0.29) is 11.9 Å². The molecule has 0 saturated heterocycles. The molecule has 74 valence electrons. The lowest BCUT2D eigenvalue weighted by Crippen LogP contribution is -2.03. The minimum atomic E-state index is 0.160. The first-order valence-corrected chi connectivity index (χ1v) is 5.39. The van der Waals surface area contributed by atoms with Crippen LogP contribution in [0.25, 0.3) is 0 Å². The van der Waals surface area contributed by atoms with Crippen molar-refractivity contribution >= 4 is 11.8 Å². The van der Waals surface area contributed by atoms with Crippen LogP contribution in [-0.2, 0) is 5.75 Å². The fraction of sp³-hybridized carbons (Fsp3) is 0.400. The number of rotatable bonds is 4. The van der Waals surface area contributed by atoms with Gasteiger partial charge in [0, 0.05) is 17.2 Å². The van der Waals surface area contributed by atoms with Gasteiger partial charge in [0.05, 0.1) is 6.61 Å². The molecule has 0 aliphatic rings. The standard InChI is InChI=1S/C10H12N2OS/c1-8(6-13)14-7-9-3-2-4-12-10(9)5-11/h2-4,8,13H,6-7H2,1H3. The Morgan fingerprint density at radius 3 is 3.14 bits per heavy atom. The van der Waals surface area contributed by atoms with E-state index in [0.29, 0.717) is 5.69 Å². The van der Waals surface area contributed by atoms with E-state index in [0.717, 1.165) is 11.3 Å². The average molecular weight is 208 g/mol. The van der Waals surface area contributed by atoms with Gasteiger partial charge in [0.15, 0.2) is 0 Å². The second kappa shape index (κ2) is 5.63. The Labute approximate surface area is 87.8 Å². The summed E-state index contributed by atoms with van der Waals surface area (Å²) >= 11 is 1.62. The molecule has 1 unspecified atom stereocenters. The zero-order chi connectivity index (χ0) is 10.4. The molecule has 1 N–H and O–H groups in total. The molecule has 3 nitrogen and oxygen atoms in total. The smallest absolute Gasteiger partial charge is 0.144 e. The third-order valence-electron chi connectivity index (χ3n) is 1.78.